The highest BCUT2D eigenvalue weighted by molar-refractivity contribution is 6.01. The first-order valence-electron chi connectivity index (χ1n) is 18.3. The highest BCUT2D eigenvalue weighted by atomic mass is 16.6. The lowest BCUT2D eigenvalue weighted by molar-refractivity contribution is 0.0476. The van der Waals surface area contributed by atoms with Crippen LogP contribution in [0.4, 0.5) is 4.79 Å². The van der Waals surface area contributed by atoms with Gasteiger partial charge in [0.2, 0.25) is 0 Å². The van der Waals surface area contributed by atoms with E-state index in [-0.39, 0.29) is 29.8 Å². The summed E-state index contributed by atoms with van der Waals surface area (Å²) in [6.07, 6.45) is 2.80. The first-order valence-corrected chi connectivity index (χ1v) is 18.3. The van der Waals surface area contributed by atoms with E-state index in [1.54, 1.807) is 0 Å². The molecule has 9 heteroatoms. The maximum Gasteiger partial charge on any atom is 0.407 e. The molecule has 3 amide bonds. The summed E-state index contributed by atoms with van der Waals surface area (Å²) in [6, 6.07) is 20.2. The Kier molecular flexibility index (Phi) is 8.00. The fourth-order valence-corrected chi connectivity index (χ4v) is 7.99. The summed E-state index contributed by atoms with van der Waals surface area (Å²) in [4.78, 5) is 41.0. The number of rotatable bonds is 7. The van der Waals surface area contributed by atoms with Crippen molar-refractivity contribution in [3.63, 3.8) is 0 Å². The van der Waals surface area contributed by atoms with E-state index in [0.717, 1.165) is 68.5 Å². The lowest BCUT2D eigenvalue weighted by Crippen LogP contribution is -2.48. The molecule has 0 radical (unpaired) electrons. The Balaban J connectivity index is 1.11. The van der Waals surface area contributed by atoms with Crippen molar-refractivity contribution in [1.82, 2.24) is 20.1 Å². The maximum absolute atomic E-state index is 14.0. The van der Waals surface area contributed by atoms with Gasteiger partial charge in [0.05, 0.1) is 11.7 Å². The summed E-state index contributed by atoms with van der Waals surface area (Å²) >= 11 is 0. The third-order valence-electron chi connectivity index (χ3n) is 11.0. The van der Waals surface area contributed by atoms with Gasteiger partial charge in [0.1, 0.15) is 11.2 Å². The van der Waals surface area contributed by atoms with Crippen molar-refractivity contribution in [1.29, 1.82) is 0 Å². The third-order valence-corrected chi connectivity index (χ3v) is 11.0. The van der Waals surface area contributed by atoms with Gasteiger partial charge < -0.3 is 29.3 Å². The molecular weight excluding hydrogens is 640 g/mol. The summed E-state index contributed by atoms with van der Waals surface area (Å²) in [5.41, 5.74) is 7.72. The number of amides is 3. The highest BCUT2D eigenvalue weighted by Gasteiger charge is 2.42. The zero-order valence-electron chi connectivity index (χ0n) is 30.3. The zero-order chi connectivity index (χ0) is 35.8. The van der Waals surface area contributed by atoms with Gasteiger partial charge in [0.15, 0.2) is 5.76 Å². The number of furan rings is 1. The van der Waals surface area contributed by atoms with Crippen LogP contribution in [0.15, 0.2) is 65.1 Å². The van der Waals surface area contributed by atoms with Crippen molar-refractivity contribution < 1.29 is 23.5 Å². The lowest BCUT2D eigenvalue weighted by atomic mass is 9.97. The monoisotopic (exact) mass is 686 g/mol. The number of alkyl carbamates (subject to hydrolysis) is 1. The second kappa shape index (κ2) is 12.3. The van der Waals surface area contributed by atoms with Crippen LogP contribution in [0.3, 0.4) is 0 Å². The van der Waals surface area contributed by atoms with Crippen molar-refractivity contribution in [3.8, 4) is 22.6 Å². The summed E-state index contributed by atoms with van der Waals surface area (Å²) in [7, 11) is 0. The van der Waals surface area contributed by atoms with Crippen molar-refractivity contribution in [2.75, 3.05) is 6.54 Å². The largest absolute Gasteiger partial charge is 0.454 e. The maximum atomic E-state index is 14.0. The molecule has 1 saturated carbocycles. The standard InChI is InChI=1S/C42H46N4O5/c1-7-26-22-45(24(3)37(26)44-41(49)51-42(4,5)6)40(48)30-14-15-32-23(2)38(50-36(32)19-30)35-18-29-12-10-28(17-34(29)46(35)21-25-8-9-25)27-11-13-31-20-43-39(47)33(31)16-27/h10-19,24-26,37H,7-9,20-22H2,1-6H3,(H,43,47)(H,44,49)/t24?,26?,37-/m0/s1. The number of aryl methyl sites for hydroxylation is 1. The van der Waals surface area contributed by atoms with E-state index < -0.39 is 11.7 Å². The molecule has 0 spiro atoms. The Labute approximate surface area is 298 Å². The van der Waals surface area contributed by atoms with Crippen LogP contribution < -0.4 is 10.6 Å². The molecule has 8 rings (SSSR count). The van der Waals surface area contributed by atoms with Crippen molar-refractivity contribution in [2.24, 2.45) is 11.8 Å². The fraction of sp³-hybridized carbons (Fsp3) is 0.405. The number of likely N-dealkylation sites (tertiary alicyclic amines) is 1. The molecule has 9 nitrogen and oxygen atoms in total. The molecular formula is C42H46N4O5. The summed E-state index contributed by atoms with van der Waals surface area (Å²) in [5, 5.41) is 8.08. The second-order valence-corrected chi connectivity index (χ2v) is 15.7. The number of nitrogens with zero attached hydrogens (tertiary/aromatic N) is 2. The normalized spacial score (nSPS) is 20.2. The van der Waals surface area contributed by atoms with E-state index in [0.29, 0.717) is 30.2 Å². The SMILES string of the molecule is CCC1CN(C(=O)c2ccc3c(C)c(-c4cc5ccc(-c6ccc7c(c6)C(=O)NC7)cc5n4CC4CC4)oc3c2)C(C)[C@@H]1NC(=O)OC(C)(C)C. The molecule has 1 saturated heterocycles. The molecule has 264 valence electrons. The Morgan fingerprint density at radius 1 is 1.02 bits per heavy atom. The van der Waals surface area contributed by atoms with Gasteiger partial charge in [0.25, 0.3) is 11.8 Å². The summed E-state index contributed by atoms with van der Waals surface area (Å²) in [5.74, 6) is 1.46. The van der Waals surface area contributed by atoms with Crippen LogP contribution >= 0.6 is 0 Å². The number of hydrogen-bond donors (Lipinski definition) is 2. The van der Waals surface area contributed by atoms with E-state index in [4.69, 9.17) is 9.15 Å². The molecule has 51 heavy (non-hydrogen) atoms. The van der Waals surface area contributed by atoms with Crippen molar-refractivity contribution in [3.05, 3.63) is 82.9 Å². The van der Waals surface area contributed by atoms with Gasteiger partial charge in [-0.25, -0.2) is 4.79 Å². The van der Waals surface area contributed by atoms with Crippen LogP contribution in [-0.2, 0) is 17.8 Å². The van der Waals surface area contributed by atoms with Crippen molar-refractivity contribution in [2.45, 2.75) is 91.6 Å². The van der Waals surface area contributed by atoms with Crippen LogP contribution in [0, 0.1) is 18.8 Å². The lowest BCUT2D eigenvalue weighted by Gasteiger charge is -2.27. The van der Waals surface area contributed by atoms with Gasteiger partial charge in [-0.3, -0.25) is 9.59 Å². The predicted octanol–water partition coefficient (Wildman–Crippen LogP) is 8.45. The van der Waals surface area contributed by atoms with Gasteiger partial charge in [-0.2, -0.15) is 0 Å². The molecule has 2 fully saturated rings. The number of nitrogens with one attached hydrogen (secondary N) is 2. The molecule has 4 heterocycles. The first kappa shape index (κ1) is 33.1. The van der Waals surface area contributed by atoms with E-state index in [1.807, 2.05) is 62.9 Å². The minimum absolute atomic E-state index is 0.0166. The van der Waals surface area contributed by atoms with Gasteiger partial charge >= 0.3 is 6.09 Å². The van der Waals surface area contributed by atoms with Crippen LogP contribution in [0.25, 0.3) is 44.5 Å². The molecule has 2 aliphatic heterocycles. The number of ether oxygens (including phenoxy) is 1. The molecule has 0 bridgehead atoms. The van der Waals surface area contributed by atoms with E-state index >= 15 is 0 Å². The minimum atomic E-state index is -0.600. The highest BCUT2D eigenvalue weighted by Crippen LogP contribution is 2.41. The first-order chi connectivity index (χ1) is 24.4. The van der Waals surface area contributed by atoms with Gasteiger partial charge in [-0.1, -0.05) is 37.3 Å². The van der Waals surface area contributed by atoms with Crippen molar-refractivity contribution >= 4 is 39.8 Å². The number of fused-ring (bicyclic) bond motifs is 3. The Morgan fingerprint density at radius 3 is 2.53 bits per heavy atom. The second-order valence-electron chi connectivity index (χ2n) is 15.7. The Morgan fingerprint density at radius 2 is 1.78 bits per heavy atom. The number of carbonyl (C=O) groups excluding carboxylic acids is 3. The fourth-order valence-electron chi connectivity index (χ4n) is 7.99. The molecule has 3 atom stereocenters. The zero-order valence-corrected chi connectivity index (χ0v) is 30.3. The number of carbonyl (C=O) groups is 3. The van der Waals surface area contributed by atoms with Gasteiger partial charge in [-0.05, 0) is 113 Å². The van der Waals surface area contributed by atoms with E-state index in [1.165, 1.54) is 12.8 Å². The minimum Gasteiger partial charge on any atom is -0.454 e. The smallest absolute Gasteiger partial charge is 0.407 e. The summed E-state index contributed by atoms with van der Waals surface area (Å²) < 4.78 is 14.6. The van der Waals surface area contributed by atoms with Crippen LogP contribution in [0.2, 0.25) is 0 Å². The van der Waals surface area contributed by atoms with Gasteiger partial charge in [-0.15, -0.1) is 0 Å². The topological polar surface area (TPSA) is 106 Å². The third kappa shape index (κ3) is 6.06. The van der Waals surface area contributed by atoms with Gasteiger partial charge in [0, 0.05) is 58.7 Å². The number of hydrogen-bond acceptors (Lipinski definition) is 5. The molecule has 3 aromatic carbocycles. The molecule has 2 aromatic heterocycles. The van der Waals surface area contributed by atoms with E-state index in [2.05, 4.69) is 59.4 Å². The number of benzene rings is 3. The van der Waals surface area contributed by atoms with Crippen LogP contribution in [0.5, 0.6) is 0 Å². The molecule has 2 unspecified atom stereocenters. The average Bonchev–Trinajstić information content (AvgIpc) is 3.47. The van der Waals surface area contributed by atoms with Crippen LogP contribution in [0.1, 0.15) is 85.7 Å². The average molecular weight is 687 g/mol. The Bertz CT molecular complexity index is 2220. The van der Waals surface area contributed by atoms with Crippen LogP contribution in [-0.4, -0.2) is 51.6 Å². The quantitative estimate of drug-likeness (QED) is 0.179. The van der Waals surface area contributed by atoms with E-state index in [9.17, 15) is 14.4 Å². The molecule has 5 aromatic rings. The summed E-state index contributed by atoms with van der Waals surface area (Å²) in [6.45, 7) is 13.7. The number of aromatic nitrogens is 1. The molecule has 3 aliphatic rings. The molecule has 2 N–H and O–H groups in total. The molecule has 1 aliphatic carbocycles. The predicted molar refractivity (Wildman–Crippen MR) is 199 cm³/mol. The Hall–Kier alpha value is -5.05.